The number of ether oxygens (including phenoxy) is 1. The van der Waals surface area contributed by atoms with Crippen LogP contribution in [-0.4, -0.2) is 42.8 Å². The number of esters is 1. The summed E-state index contributed by atoms with van der Waals surface area (Å²) in [6.45, 7) is 2.15. The van der Waals surface area contributed by atoms with Gasteiger partial charge in [0.05, 0.1) is 0 Å². The number of carbonyl (C=O) groups is 1. The van der Waals surface area contributed by atoms with Gasteiger partial charge in [-0.3, -0.25) is 0 Å². The Bertz CT molecular complexity index is 939. The summed E-state index contributed by atoms with van der Waals surface area (Å²) < 4.78 is 9.86. The molecule has 0 fully saturated rings. The SMILES string of the molecule is CCCCC[C@@H](/C=[C](\CC(=O)OC)[Sn]([c]1ccccc1)([c]1ccccc1)[c]1ccccc1)OO. The standard InChI is InChI=1S/C11H19O4.3C6H5.Sn/c1-3-4-5-7-10(15-13)8-6-9-11(12)14-2;3*1-2-4-6-5-3-1;/h8,10,13H,3-5,7,9H2,1-2H3;3*1-5H;/t10-;;;;/m0..../s1. The average molecular weight is 565 g/mol. The van der Waals surface area contributed by atoms with E-state index < -0.39 is 24.5 Å². The van der Waals surface area contributed by atoms with E-state index in [1.807, 2.05) is 24.3 Å². The third-order valence-corrected chi connectivity index (χ3v) is 20.3. The minimum atomic E-state index is -3.97. The van der Waals surface area contributed by atoms with Crippen LogP contribution in [0.4, 0.5) is 0 Å². The van der Waals surface area contributed by atoms with E-state index in [0.717, 1.165) is 22.9 Å². The van der Waals surface area contributed by atoms with Gasteiger partial charge in [0.2, 0.25) is 0 Å². The van der Waals surface area contributed by atoms with Crippen LogP contribution in [0.3, 0.4) is 0 Å². The van der Waals surface area contributed by atoms with E-state index in [9.17, 15) is 10.1 Å². The van der Waals surface area contributed by atoms with Crippen LogP contribution in [0.25, 0.3) is 0 Å². The first-order valence-corrected chi connectivity index (χ1v) is 17.6. The van der Waals surface area contributed by atoms with Gasteiger partial charge in [-0.1, -0.05) is 0 Å². The third kappa shape index (κ3) is 6.17. The molecule has 1 N–H and O–H groups in total. The molecule has 0 spiro atoms. The number of methoxy groups -OCH3 is 1. The van der Waals surface area contributed by atoms with Crippen molar-refractivity contribution in [3.05, 3.63) is 101 Å². The van der Waals surface area contributed by atoms with Gasteiger partial charge in [0.25, 0.3) is 0 Å². The molecule has 0 saturated heterocycles. The molecule has 1 atom stereocenters. The van der Waals surface area contributed by atoms with E-state index in [2.05, 4.69) is 79.7 Å². The van der Waals surface area contributed by atoms with Crippen LogP contribution in [0.2, 0.25) is 0 Å². The molecular formula is C29H34O4Sn. The van der Waals surface area contributed by atoms with Gasteiger partial charge in [0.1, 0.15) is 0 Å². The van der Waals surface area contributed by atoms with Gasteiger partial charge in [-0.05, 0) is 0 Å². The molecule has 3 rings (SSSR count). The van der Waals surface area contributed by atoms with Crippen molar-refractivity contribution >= 4 is 35.1 Å². The van der Waals surface area contributed by atoms with Crippen LogP contribution >= 0.6 is 0 Å². The molecule has 0 heterocycles. The molecule has 5 heteroatoms. The molecule has 0 amide bonds. The van der Waals surface area contributed by atoms with Crippen molar-refractivity contribution in [2.24, 2.45) is 0 Å². The molecule has 3 aromatic rings. The van der Waals surface area contributed by atoms with Crippen molar-refractivity contribution in [3.63, 3.8) is 0 Å². The van der Waals surface area contributed by atoms with E-state index in [1.165, 1.54) is 17.8 Å². The summed E-state index contributed by atoms with van der Waals surface area (Å²) >= 11 is -3.97. The average Bonchev–Trinajstić information content (AvgIpc) is 2.90. The van der Waals surface area contributed by atoms with Crippen molar-refractivity contribution in [2.45, 2.75) is 45.1 Å². The summed E-state index contributed by atoms with van der Waals surface area (Å²) in [6, 6.07) is 31.5. The second-order valence-corrected chi connectivity index (χ2v) is 19.5. The Morgan fingerprint density at radius 3 is 1.71 bits per heavy atom. The van der Waals surface area contributed by atoms with Crippen LogP contribution in [-0.2, 0) is 14.4 Å². The fourth-order valence-electron chi connectivity index (χ4n) is 4.65. The monoisotopic (exact) mass is 566 g/mol. The molecule has 0 aliphatic carbocycles. The Hall–Kier alpha value is -2.41. The van der Waals surface area contributed by atoms with E-state index >= 15 is 0 Å². The van der Waals surface area contributed by atoms with Crippen LogP contribution in [0.15, 0.2) is 101 Å². The normalized spacial score (nSPS) is 12.9. The van der Waals surface area contributed by atoms with Crippen molar-refractivity contribution in [1.82, 2.24) is 0 Å². The van der Waals surface area contributed by atoms with Crippen LogP contribution in [0.1, 0.15) is 39.0 Å². The van der Waals surface area contributed by atoms with E-state index in [1.54, 1.807) is 0 Å². The number of hydrogen-bond donors (Lipinski definition) is 1. The van der Waals surface area contributed by atoms with Crippen molar-refractivity contribution in [1.29, 1.82) is 0 Å². The third-order valence-electron chi connectivity index (χ3n) is 6.28. The predicted molar refractivity (Wildman–Crippen MR) is 140 cm³/mol. The number of rotatable bonds is 12. The zero-order valence-corrected chi connectivity index (χ0v) is 22.9. The fourth-order valence-corrected chi connectivity index (χ4v) is 19.0. The maximum atomic E-state index is 12.8. The Labute approximate surface area is 207 Å². The fraction of sp³-hybridized carbons (Fsp3) is 0.276. The zero-order valence-electron chi connectivity index (χ0n) is 20.0. The van der Waals surface area contributed by atoms with Crippen LogP contribution in [0, 0.1) is 0 Å². The summed E-state index contributed by atoms with van der Waals surface area (Å²) in [7, 11) is 1.42. The quantitative estimate of drug-likeness (QED) is 0.115. The van der Waals surface area contributed by atoms with Crippen molar-refractivity contribution < 1.29 is 19.7 Å². The zero-order chi connectivity index (χ0) is 24.2. The molecule has 3 aromatic carbocycles. The molecule has 0 saturated carbocycles. The molecule has 4 nitrogen and oxygen atoms in total. The molecule has 0 aliphatic rings. The summed E-state index contributed by atoms with van der Waals surface area (Å²) in [6.07, 6.45) is 5.44. The van der Waals surface area contributed by atoms with Crippen LogP contribution in [0.5, 0.6) is 0 Å². The number of unbranched alkanes of at least 4 members (excludes halogenated alkanes) is 2. The van der Waals surface area contributed by atoms with Gasteiger partial charge in [0.15, 0.2) is 0 Å². The van der Waals surface area contributed by atoms with Gasteiger partial charge < -0.3 is 0 Å². The second kappa shape index (κ2) is 13.5. The number of benzene rings is 3. The van der Waals surface area contributed by atoms with Crippen molar-refractivity contribution in [3.8, 4) is 0 Å². The van der Waals surface area contributed by atoms with E-state index in [-0.39, 0.29) is 12.4 Å². The summed E-state index contributed by atoms with van der Waals surface area (Å²) in [5.41, 5.74) is 0. The molecule has 0 bridgehead atoms. The first kappa shape index (κ1) is 26.2. The first-order valence-electron chi connectivity index (χ1n) is 11.9. The molecule has 0 unspecified atom stereocenters. The Kier molecular flexibility index (Phi) is 10.4. The number of hydrogen-bond acceptors (Lipinski definition) is 4. The molecule has 0 radical (unpaired) electrons. The predicted octanol–water partition coefficient (Wildman–Crippen LogP) is 4.62. The van der Waals surface area contributed by atoms with Gasteiger partial charge in [0, 0.05) is 0 Å². The topological polar surface area (TPSA) is 55.8 Å². The summed E-state index contributed by atoms with van der Waals surface area (Å²) in [5, 5.41) is 9.81. The summed E-state index contributed by atoms with van der Waals surface area (Å²) in [5.74, 6) is -0.291. The minimum absolute atomic E-state index is 0.152. The van der Waals surface area contributed by atoms with Gasteiger partial charge in [-0.15, -0.1) is 0 Å². The van der Waals surface area contributed by atoms with E-state index in [4.69, 9.17) is 9.62 Å². The molecule has 0 aliphatic heterocycles. The Morgan fingerprint density at radius 2 is 1.32 bits per heavy atom. The van der Waals surface area contributed by atoms with Gasteiger partial charge in [-0.25, -0.2) is 0 Å². The Morgan fingerprint density at radius 1 is 0.853 bits per heavy atom. The van der Waals surface area contributed by atoms with Gasteiger partial charge in [-0.2, -0.15) is 0 Å². The first-order chi connectivity index (χ1) is 16.7. The van der Waals surface area contributed by atoms with Crippen LogP contribution < -0.4 is 10.7 Å². The molecular weight excluding hydrogens is 531 g/mol. The van der Waals surface area contributed by atoms with Crippen molar-refractivity contribution in [2.75, 3.05) is 7.11 Å². The van der Waals surface area contributed by atoms with Gasteiger partial charge >= 0.3 is 208 Å². The maximum absolute atomic E-state index is 12.8. The van der Waals surface area contributed by atoms with E-state index in [0.29, 0.717) is 6.42 Å². The summed E-state index contributed by atoms with van der Waals surface area (Å²) in [4.78, 5) is 17.7. The molecule has 0 aromatic heterocycles. The Balaban J connectivity index is 2.34. The second-order valence-electron chi connectivity index (χ2n) is 8.43. The molecule has 34 heavy (non-hydrogen) atoms. The molecule has 178 valence electrons. The number of carbonyl (C=O) groups excluding carboxylic acids is 1.